The maximum Gasteiger partial charge on any atom is 0.327 e. The van der Waals surface area contributed by atoms with Crippen molar-refractivity contribution < 1.29 is 29.4 Å². The fourth-order valence-electron chi connectivity index (χ4n) is 2.48. The molecule has 3 amide bonds. The number of aliphatic hydroxyl groups excluding tert-OH is 1. The molecule has 1 fully saturated rings. The first-order chi connectivity index (χ1) is 12.7. The predicted octanol–water partition coefficient (Wildman–Crippen LogP) is -2.48. The minimum absolute atomic E-state index is 0.110. The van der Waals surface area contributed by atoms with E-state index in [-0.39, 0.29) is 11.5 Å². The van der Waals surface area contributed by atoms with Gasteiger partial charge < -0.3 is 31.5 Å². The van der Waals surface area contributed by atoms with E-state index in [9.17, 15) is 24.3 Å². The summed E-state index contributed by atoms with van der Waals surface area (Å²) in [7, 11) is 0. The van der Waals surface area contributed by atoms with E-state index in [4.69, 9.17) is 5.11 Å². The topological polar surface area (TPSA) is 157 Å². The Morgan fingerprint density at radius 2 is 1.67 bits per heavy atom. The second-order valence-electron chi connectivity index (χ2n) is 6.20. The van der Waals surface area contributed by atoms with Gasteiger partial charge in [-0.2, -0.15) is 25.3 Å². The van der Waals surface area contributed by atoms with Crippen molar-refractivity contribution >= 4 is 48.9 Å². The molecule has 154 valence electrons. The first kappa shape index (κ1) is 23.5. The summed E-state index contributed by atoms with van der Waals surface area (Å²) in [5.74, 6) is -3.45. The fraction of sp³-hybridized carbons (Fsp3) is 0.733. The summed E-state index contributed by atoms with van der Waals surface area (Å²) in [6.45, 7) is 2.03. The average Bonchev–Trinajstić information content (AvgIpc) is 3.15. The van der Waals surface area contributed by atoms with Gasteiger partial charge in [0.1, 0.15) is 18.1 Å². The molecule has 1 aliphatic rings. The van der Waals surface area contributed by atoms with Crippen molar-refractivity contribution in [2.75, 3.05) is 18.1 Å². The van der Waals surface area contributed by atoms with Gasteiger partial charge in [0.2, 0.25) is 17.7 Å². The molecule has 6 N–H and O–H groups in total. The van der Waals surface area contributed by atoms with Crippen LogP contribution in [0.5, 0.6) is 0 Å². The largest absolute Gasteiger partial charge is 0.480 e. The van der Waals surface area contributed by atoms with Gasteiger partial charge >= 0.3 is 5.97 Å². The minimum Gasteiger partial charge on any atom is -0.480 e. The molecule has 10 nitrogen and oxygen atoms in total. The van der Waals surface area contributed by atoms with E-state index in [1.807, 2.05) is 0 Å². The van der Waals surface area contributed by atoms with Crippen LogP contribution in [-0.2, 0) is 19.2 Å². The summed E-state index contributed by atoms with van der Waals surface area (Å²) in [4.78, 5) is 47.8. The molecule has 1 heterocycles. The van der Waals surface area contributed by atoms with Crippen LogP contribution in [0.2, 0.25) is 0 Å². The Bertz CT molecular complexity index is 556. The zero-order valence-corrected chi connectivity index (χ0v) is 16.6. The van der Waals surface area contributed by atoms with Crippen molar-refractivity contribution in [3.63, 3.8) is 0 Å². The number of aliphatic hydroxyl groups is 1. The molecule has 0 aromatic carbocycles. The summed E-state index contributed by atoms with van der Waals surface area (Å²) in [5.41, 5.74) is 0. The smallest absolute Gasteiger partial charge is 0.327 e. The number of carbonyl (C=O) groups is 4. The van der Waals surface area contributed by atoms with Crippen LogP contribution < -0.4 is 21.3 Å². The molecule has 5 atom stereocenters. The standard InChI is InChI=1S/C15H26N4O6S2/c1-7(20)11(19-12(21)8-3-2-4-16-8)14(23)17-9(5-26)13(22)18-10(6-27)15(24)25/h7-11,16,20,26-27H,2-6H2,1H3,(H,17,23)(H,18,22)(H,19,21)(H,24,25). The van der Waals surface area contributed by atoms with Gasteiger partial charge in [-0.3, -0.25) is 14.4 Å². The normalized spacial score (nSPS) is 20.8. The highest BCUT2D eigenvalue weighted by atomic mass is 32.1. The maximum atomic E-state index is 12.4. The number of hydrogen-bond donors (Lipinski definition) is 8. The number of aliphatic carboxylic acids is 1. The SMILES string of the molecule is CC(O)C(NC(=O)C1CCCN1)C(=O)NC(CS)C(=O)NC(CS)C(=O)O. The fourth-order valence-corrected chi connectivity index (χ4v) is 2.99. The Morgan fingerprint density at radius 1 is 1.07 bits per heavy atom. The molecule has 0 aromatic heterocycles. The zero-order valence-electron chi connectivity index (χ0n) is 14.8. The van der Waals surface area contributed by atoms with E-state index in [1.165, 1.54) is 6.92 Å². The molecule has 0 aromatic rings. The van der Waals surface area contributed by atoms with E-state index in [2.05, 4.69) is 46.5 Å². The van der Waals surface area contributed by atoms with Gasteiger partial charge in [-0.15, -0.1) is 0 Å². The van der Waals surface area contributed by atoms with Gasteiger partial charge in [0.25, 0.3) is 0 Å². The lowest BCUT2D eigenvalue weighted by Crippen LogP contribution is -2.60. The molecule has 1 saturated heterocycles. The summed E-state index contributed by atoms with van der Waals surface area (Å²) in [6.07, 6.45) is 0.256. The predicted molar refractivity (Wildman–Crippen MR) is 104 cm³/mol. The molecule has 1 aliphatic heterocycles. The Balaban J connectivity index is 2.72. The van der Waals surface area contributed by atoms with Gasteiger partial charge in [0.15, 0.2) is 0 Å². The number of carbonyl (C=O) groups excluding carboxylic acids is 3. The van der Waals surface area contributed by atoms with Gasteiger partial charge in [-0.1, -0.05) is 0 Å². The van der Waals surface area contributed by atoms with Crippen molar-refractivity contribution in [1.82, 2.24) is 21.3 Å². The van der Waals surface area contributed by atoms with Crippen molar-refractivity contribution in [3.8, 4) is 0 Å². The van der Waals surface area contributed by atoms with Crippen LogP contribution >= 0.6 is 25.3 Å². The number of carboxylic acids is 1. The molecule has 0 saturated carbocycles. The highest BCUT2D eigenvalue weighted by Gasteiger charge is 2.32. The highest BCUT2D eigenvalue weighted by molar-refractivity contribution is 7.80. The molecule has 1 rings (SSSR count). The van der Waals surface area contributed by atoms with Crippen LogP contribution in [0.25, 0.3) is 0 Å². The summed E-state index contributed by atoms with van der Waals surface area (Å²) in [5, 5.41) is 28.9. The van der Waals surface area contributed by atoms with Crippen LogP contribution in [0.15, 0.2) is 0 Å². The Hall–Kier alpha value is -1.50. The number of hydrogen-bond acceptors (Lipinski definition) is 8. The second kappa shape index (κ2) is 11.4. The monoisotopic (exact) mass is 422 g/mol. The van der Waals surface area contributed by atoms with Gasteiger partial charge in [0, 0.05) is 11.5 Å². The van der Waals surface area contributed by atoms with Gasteiger partial charge in [-0.05, 0) is 26.3 Å². The van der Waals surface area contributed by atoms with Crippen LogP contribution in [0.3, 0.4) is 0 Å². The Labute approximate surface area is 168 Å². The van der Waals surface area contributed by atoms with E-state index >= 15 is 0 Å². The number of amides is 3. The first-order valence-electron chi connectivity index (χ1n) is 8.48. The minimum atomic E-state index is -1.27. The van der Waals surface area contributed by atoms with E-state index in [1.54, 1.807) is 0 Å². The van der Waals surface area contributed by atoms with Crippen LogP contribution in [0, 0.1) is 0 Å². The molecule has 0 spiro atoms. The highest BCUT2D eigenvalue weighted by Crippen LogP contribution is 2.06. The summed E-state index contributed by atoms with van der Waals surface area (Å²) >= 11 is 7.84. The van der Waals surface area contributed by atoms with Gasteiger partial charge in [0.05, 0.1) is 12.1 Å². The zero-order chi connectivity index (χ0) is 20.6. The van der Waals surface area contributed by atoms with Crippen LogP contribution in [-0.4, -0.2) is 82.2 Å². The molecule has 27 heavy (non-hydrogen) atoms. The summed E-state index contributed by atoms with van der Waals surface area (Å²) < 4.78 is 0. The van der Waals surface area contributed by atoms with Crippen molar-refractivity contribution in [2.24, 2.45) is 0 Å². The Kier molecular flexibility index (Phi) is 9.91. The number of rotatable bonds is 10. The molecule has 0 radical (unpaired) electrons. The number of thiol groups is 2. The lowest BCUT2D eigenvalue weighted by atomic mass is 10.1. The quantitative estimate of drug-likeness (QED) is 0.181. The van der Waals surface area contributed by atoms with Crippen LogP contribution in [0.4, 0.5) is 0 Å². The third-order valence-corrected chi connectivity index (χ3v) is 4.78. The first-order valence-corrected chi connectivity index (χ1v) is 9.74. The third kappa shape index (κ3) is 7.20. The van der Waals surface area contributed by atoms with E-state index in [0.29, 0.717) is 13.0 Å². The third-order valence-electron chi connectivity index (χ3n) is 4.05. The lowest BCUT2D eigenvalue weighted by molar-refractivity contribution is -0.141. The average molecular weight is 423 g/mol. The van der Waals surface area contributed by atoms with E-state index in [0.717, 1.165) is 6.42 Å². The lowest BCUT2D eigenvalue weighted by Gasteiger charge is -2.25. The number of carboxylic acid groups (broad SMARTS) is 1. The van der Waals surface area contributed by atoms with E-state index < -0.39 is 54.0 Å². The summed E-state index contributed by atoms with van der Waals surface area (Å²) in [6, 6.07) is -4.07. The van der Waals surface area contributed by atoms with Crippen molar-refractivity contribution in [2.45, 2.75) is 50.0 Å². The maximum absolute atomic E-state index is 12.4. The molecule has 12 heteroatoms. The molecule has 0 bridgehead atoms. The molecular formula is C15H26N4O6S2. The number of nitrogens with one attached hydrogen (secondary N) is 4. The van der Waals surface area contributed by atoms with Crippen molar-refractivity contribution in [1.29, 1.82) is 0 Å². The van der Waals surface area contributed by atoms with Crippen molar-refractivity contribution in [3.05, 3.63) is 0 Å². The molecule has 5 unspecified atom stereocenters. The molecular weight excluding hydrogens is 396 g/mol. The Morgan fingerprint density at radius 3 is 2.11 bits per heavy atom. The van der Waals surface area contributed by atoms with Crippen LogP contribution in [0.1, 0.15) is 19.8 Å². The molecule has 0 aliphatic carbocycles. The second-order valence-corrected chi connectivity index (χ2v) is 6.93. The van der Waals surface area contributed by atoms with Gasteiger partial charge in [-0.25, -0.2) is 4.79 Å².